The van der Waals surface area contributed by atoms with E-state index in [1.165, 1.54) is 4.90 Å². The number of anilines is 1. The summed E-state index contributed by atoms with van der Waals surface area (Å²) in [6.07, 6.45) is -0.615. The summed E-state index contributed by atoms with van der Waals surface area (Å²) in [5.41, 5.74) is -0.371. The van der Waals surface area contributed by atoms with Gasteiger partial charge in [-0.15, -0.1) is 0 Å². The van der Waals surface area contributed by atoms with Crippen LogP contribution in [0.15, 0.2) is 14.6 Å². The third-order valence-electron chi connectivity index (χ3n) is 4.28. The molecule has 0 saturated carbocycles. The highest BCUT2D eigenvalue weighted by Crippen LogP contribution is 2.42. The Balaban J connectivity index is 2.58. The predicted octanol–water partition coefficient (Wildman–Crippen LogP) is 3.21. The fourth-order valence-corrected chi connectivity index (χ4v) is 3.43. The molecule has 1 N–H and O–H groups in total. The number of carbonyl (C=O) groups is 1. The lowest BCUT2D eigenvalue weighted by atomic mass is 9.90. The number of nitriles is 2. The van der Waals surface area contributed by atoms with Gasteiger partial charge in [0.1, 0.15) is 17.0 Å². The molecule has 0 aliphatic carbocycles. The van der Waals surface area contributed by atoms with Gasteiger partial charge in [-0.2, -0.15) is 10.5 Å². The number of aliphatic hydroxyl groups excluding tert-OH is 1. The number of hydrogen-bond donors (Lipinski definition) is 1. The molecule has 1 aromatic rings. The van der Waals surface area contributed by atoms with Gasteiger partial charge in [0.25, 0.3) is 0 Å². The van der Waals surface area contributed by atoms with E-state index in [2.05, 4.69) is 27.2 Å². The molecule has 1 aliphatic rings. The van der Waals surface area contributed by atoms with Crippen molar-refractivity contribution in [3.63, 3.8) is 0 Å². The quantitative estimate of drug-likeness (QED) is 0.673. The normalized spacial score (nSPS) is 19.8. The average Bonchev–Trinajstić information content (AvgIpc) is 3.17. The van der Waals surface area contributed by atoms with E-state index in [0.717, 1.165) is 6.42 Å². The largest absolute Gasteiger partial charge is 0.437 e. The van der Waals surface area contributed by atoms with Crippen molar-refractivity contribution in [2.24, 2.45) is 0 Å². The minimum atomic E-state index is -1.20. The standard InChI is InChI=1S/C18H21BrN4O4/c1-5-7-10-13(19)16(25)23(17(10)26-12(24)6-2)15-11(8-20)14(27-22-15)18(3,4)9-21/h16-17,25H,5-7H2,1-4H3. The number of carbonyl (C=O) groups excluding carboxylic acids is 1. The summed E-state index contributed by atoms with van der Waals surface area (Å²) < 4.78 is 11.3. The van der Waals surface area contributed by atoms with Crippen LogP contribution in [0.2, 0.25) is 0 Å². The number of aliphatic hydroxyl groups is 1. The number of rotatable bonds is 6. The number of nitrogens with zero attached hydrogens (tertiary/aromatic N) is 4. The van der Waals surface area contributed by atoms with E-state index in [4.69, 9.17) is 9.26 Å². The van der Waals surface area contributed by atoms with E-state index in [-0.39, 0.29) is 23.6 Å². The van der Waals surface area contributed by atoms with Gasteiger partial charge in [-0.1, -0.05) is 41.4 Å². The number of aromatic nitrogens is 1. The zero-order chi connectivity index (χ0) is 20.4. The fourth-order valence-electron chi connectivity index (χ4n) is 2.81. The molecule has 0 saturated heterocycles. The van der Waals surface area contributed by atoms with Crippen molar-refractivity contribution in [1.29, 1.82) is 10.5 Å². The minimum Gasteiger partial charge on any atom is -0.437 e. The Bertz CT molecular complexity index is 847. The van der Waals surface area contributed by atoms with E-state index >= 15 is 0 Å². The molecule has 8 nitrogen and oxygen atoms in total. The maximum absolute atomic E-state index is 12.0. The van der Waals surface area contributed by atoms with Crippen molar-refractivity contribution in [1.82, 2.24) is 5.16 Å². The Hall–Kier alpha value is -2.36. The second kappa shape index (κ2) is 8.12. The fraction of sp³-hybridized carbons (Fsp3) is 0.556. The molecule has 0 spiro atoms. The summed E-state index contributed by atoms with van der Waals surface area (Å²) in [6, 6.07) is 4.06. The molecule has 2 atom stereocenters. The molecule has 1 aromatic heterocycles. The molecule has 27 heavy (non-hydrogen) atoms. The summed E-state index contributed by atoms with van der Waals surface area (Å²) in [5.74, 6) is -0.330. The first-order valence-electron chi connectivity index (χ1n) is 8.59. The van der Waals surface area contributed by atoms with Crippen LogP contribution in [0, 0.1) is 22.7 Å². The first-order valence-corrected chi connectivity index (χ1v) is 9.38. The molecule has 0 aromatic carbocycles. The molecule has 0 amide bonds. The van der Waals surface area contributed by atoms with E-state index < -0.39 is 23.8 Å². The van der Waals surface area contributed by atoms with E-state index in [0.29, 0.717) is 16.5 Å². The van der Waals surface area contributed by atoms with Crippen molar-refractivity contribution >= 4 is 27.7 Å². The van der Waals surface area contributed by atoms with Crippen LogP contribution in [0.25, 0.3) is 0 Å². The molecule has 2 heterocycles. The number of hydrogen-bond acceptors (Lipinski definition) is 8. The predicted molar refractivity (Wildman–Crippen MR) is 99.4 cm³/mol. The molecule has 2 unspecified atom stereocenters. The number of esters is 1. The second-order valence-corrected chi connectivity index (χ2v) is 7.51. The lowest BCUT2D eigenvalue weighted by Crippen LogP contribution is -2.42. The van der Waals surface area contributed by atoms with Gasteiger partial charge >= 0.3 is 5.97 Å². The highest BCUT2D eigenvalue weighted by Gasteiger charge is 2.45. The summed E-state index contributed by atoms with van der Waals surface area (Å²) in [4.78, 5) is 13.3. The van der Waals surface area contributed by atoms with Gasteiger partial charge in [0.2, 0.25) is 6.23 Å². The molecule has 9 heteroatoms. The third-order valence-corrected chi connectivity index (χ3v) is 5.20. The maximum Gasteiger partial charge on any atom is 0.307 e. The Morgan fingerprint density at radius 2 is 2.11 bits per heavy atom. The van der Waals surface area contributed by atoms with Crippen LogP contribution in [0.5, 0.6) is 0 Å². The summed E-state index contributed by atoms with van der Waals surface area (Å²) >= 11 is 3.37. The van der Waals surface area contributed by atoms with Crippen LogP contribution >= 0.6 is 15.9 Å². The lowest BCUT2D eigenvalue weighted by molar-refractivity contribution is -0.147. The van der Waals surface area contributed by atoms with E-state index in [1.807, 2.05) is 13.0 Å². The van der Waals surface area contributed by atoms with Gasteiger partial charge in [-0.3, -0.25) is 9.69 Å². The van der Waals surface area contributed by atoms with Gasteiger partial charge in [0, 0.05) is 16.5 Å². The topological polar surface area (TPSA) is 123 Å². The van der Waals surface area contributed by atoms with Crippen molar-refractivity contribution in [3.8, 4) is 12.1 Å². The number of halogens is 1. The highest BCUT2D eigenvalue weighted by atomic mass is 79.9. The van der Waals surface area contributed by atoms with Crippen LogP contribution in [0.3, 0.4) is 0 Å². The Morgan fingerprint density at radius 1 is 1.44 bits per heavy atom. The van der Waals surface area contributed by atoms with Gasteiger partial charge in [-0.05, 0) is 20.3 Å². The van der Waals surface area contributed by atoms with Crippen molar-refractivity contribution in [3.05, 3.63) is 21.4 Å². The smallest absolute Gasteiger partial charge is 0.307 e. The molecule has 0 fully saturated rings. The summed E-state index contributed by atoms with van der Waals surface area (Å²) in [5, 5.41) is 33.6. The van der Waals surface area contributed by atoms with Crippen molar-refractivity contribution < 1.29 is 19.2 Å². The molecular formula is C18H21BrN4O4. The summed E-state index contributed by atoms with van der Waals surface area (Å²) in [7, 11) is 0. The summed E-state index contributed by atoms with van der Waals surface area (Å²) in [6.45, 7) is 6.83. The monoisotopic (exact) mass is 436 g/mol. The first-order chi connectivity index (χ1) is 12.7. The van der Waals surface area contributed by atoms with Gasteiger partial charge in [0.15, 0.2) is 17.8 Å². The first kappa shape index (κ1) is 20.9. The second-order valence-electron chi connectivity index (χ2n) is 6.66. The van der Waals surface area contributed by atoms with Crippen LogP contribution in [-0.4, -0.2) is 28.7 Å². The zero-order valence-electron chi connectivity index (χ0n) is 15.6. The van der Waals surface area contributed by atoms with Crippen molar-refractivity contribution in [2.45, 2.75) is 64.8 Å². The average molecular weight is 437 g/mol. The molecular weight excluding hydrogens is 416 g/mol. The van der Waals surface area contributed by atoms with E-state index in [1.54, 1.807) is 20.8 Å². The molecule has 2 rings (SSSR count). The van der Waals surface area contributed by atoms with Crippen LogP contribution in [0.1, 0.15) is 58.3 Å². The number of ether oxygens (including phenoxy) is 1. The lowest BCUT2D eigenvalue weighted by Gasteiger charge is -2.28. The van der Waals surface area contributed by atoms with E-state index in [9.17, 15) is 20.4 Å². The van der Waals surface area contributed by atoms with Crippen molar-refractivity contribution in [2.75, 3.05) is 4.90 Å². The molecule has 1 aliphatic heterocycles. The SMILES string of the molecule is CCCC1=C(Br)C(O)N(c2noc(C(C)(C)C#N)c2C#N)C1OC(=O)CC. The van der Waals surface area contributed by atoms with Crippen LogP contribution < -0.4 is 4.90 Å². The minimum absolute atomic E-state index is 0.0243. The molecule has 0 bridgehead atoms. The third kappa shape index (κ3) is 3.71. The van der Waals surface area contributed by atoms with Crippen LogP contribution in [-0.2, 0) is 14.9 Å². The maximum atomic E-state index is 12.0. The molecule has 144 valence electrons. The highest BCUT2D eigenvalue weighted by molar-refractivity contribution is 9.11. The zero-order valence-corrected chi connectivity index (χ0v) is 17.2. The Morgan fingerprint density at radius 3 is 2.63 bits per heavy atom. The Labute approximate surface area is 166 Å². The van der Waals surface area contributed by atoms with Gasteiger partial charge < -0.3 is 14.4 Å². The Kier molecular flexibility index (Phi) is 6.30. The molecule has 0 radical (unpaired) electrons. The van der Waals surface area contributed by atoms with Gasteiger partial charge in [-0.25, -0.2) is 0 Å². The van der Waals surface area contributed by atoms with Crippen LogP contribution in [0.4, 0.5) is 5.82 Å². The van der Waals surface area contributed by atoms with Gasteiger partial charge in [0.05, 0.1) is 6.07 Å².